The van der Waals surface area contributed by atoms with Crippen LogP contribution in [0.25, 0.3) is 11.2 Å². The highest BCUT2D eigenvalue weighted by Gasteiger charge is 2.23. The van der Waals surface area contributed by atoms with Crippen LogP contribution in [0.15, 0.2) is 22.7 Å². The normalized spacial score (nSPS) is 16.9. The minimum atomic E-state index is 0. The summed E-state index contributed by atoms with van der Waals surface area (Å²) in [4.78, 5) is 14.5. The number of fused-ring (bicyclic) bond motifs is 1. The molecule has 3 heterocycles. The highest BCUT2D eigenvalue weighted by Crippen LogP contribution is 2.30. The van der Waals surface area contributed by atoms with Crippen LogP contribution < -0.4 is 10.2 Å². The molecule has 2 N–H and O–H groups in total. The number of piperidine rings is 1. The van der Waals surface area contributed by atoms with Gasteiger partial charge in [-0.25, -0.2) is 4.98 Å². The summed E-state index contributed by atoms with van der Waals surface area (Å²) in [7, 11) is 0. The Labute approximate surface area is 204 Å². The van der Waals surface area contributed by atoms with E-state index in [-0.39, 0.29) is 13.5 Å². The maximum absolute atomic E-state index is 6.30. The molecule has 0 amide bonds. The van der Waals surface area contributed by atoms with Crippen molar-refractivity contribution < 1.29 is 0 Å². The Bertz CT molecular complexity index is 992. The summed E-state index contributed by atoms with van der Waals surface area (Å²) in [5, 5.41) is 5.55. The Balaban J connectivity index is 0.00000240. The van der Waals surface area contributed by atoms with Crippen molar-refractivity contribution in [1.82, 2.24) is 20.3 Å². The lowest BCUT2D eigenvalue weighted by Gasteiger charge is -2.33. The SMILES string of the molecule is Clc1cc(Cl)c(Cl)c(CN[C@H]2CCCN(c3nc4nc(Cl)c(Br)cc4[nH]3)C2)c1.S. The highest BCUT2D eigenvalue weighted by molar-refractivity contribution is 9.10. The van der Waals surface area contributed by atoms with Gasteiger partial charge < -0.3 is 15.2 Å². The van der Waals surface area contributed by atoms with E-state index in [0.29, 0.717) is 38.5 Å². The average Bonchev–Trinajstić information content (AvgIpc) is 3.07. The topological polar surface area (TPSA) is 56.8 Å². The molecule has 29 heavy (non-hydrogen) atoms. The Morgan fingerprint density at radius 1 is 1.17 bits per heavy atom. The van der Waals surface area contributed by atoms with Crippen LogP contribution in [0.4, 0.5) is 5.95 Å². The second kappa shape index (κ2) is 9.81. The fourth-order valence-corrected chi connectivity index (χ4v) is 4.53. The number of imidazole rings is 1. The fourth-order valence-electron chi connectivity index (χ4n) is 3.36. The summed E-state index contributed by atoms with van der Waals surface area (Å²) < 4.78 is 0.743. The van der Waals surface area contributed by atoms with Crippen LogP contribution >= 0.6 is 75.8 Å². The van der Waals surface area contributed by atoms with E-state index in [1.54, 1.807) is 6.07 Å². The smallest absolute Gasteiger partial charge is 0.205 e. The number of H-pyrrole nitrogens is 1. The van der Waals surface area contributed by atoms with Gasteiger partial charge >= 0.3 is 0 Å². The van der Waals surface area contributed by atoms with Gasteiger partial charge in [-0.15, -0.1) is 0 Å². The predicted octanol–water partition coefficient (Wildman–Crippen LogP) is 6.21. The Hall–Kier alpha value is -0.410. The van der Waals surface area contributed by atoms with E-state index in [0.717, 1.165) is 47.4 Å². The lowest BCUT2D eigenvalue weighted by molar-refractivity contribution is 0.419. The van der Waals surface area contributed by atoms with Gasteiger partial charge in [0.2, 0.25) is 5.95 Å². The van der Waals surface area contributed by atoms with E-state index >= 15 is 0 Å². The third kappa shape index (κ3) is 5.26. The Morgan fingerprint density at radius 3 is 2.76 bits per heavy atom. The van der Waals surface area contributed by atoms with E-state index in [2.05, 4.69) is 41.1 Å². The number of nitrogens with one attached hydrogen (secondary N) is 2. The molecule has 1 fully saturated rings. The van der Waals surface area contributed by atoms with Gasteiger partial charge in [0.15, 0.2) is 5.65 Å². The molecule has 3 aromatic rings. The third-order valence-corrected chi connectivity index (χ3v) is 6.92. The first-order valence-electron chi connectivity index (χ1n) is 8.74. The number of hydrogen-bond donors (Lipinski definition) is 2. The third-order valence-electron chi connectivity index (χ3n) is 4.74. The molecule has 0 bridgehead atoms. The Morgan fingerprint density at radius 2 is 1.97 bits per heavy atom. The number of nitrogens with zero attached hydrogens (tertiary/aromatic N) is 3. The average molecular weight is 558 g/mol. The van der Waals surface area contributed by atoms with Crippen LogP contribution in [0.3, 0.4) is 0 Å². The monoisotopic (exact) mass is 555 g/mol. The molecule has 0 aliphatic carbocycles. The molecule has 11 heteroatoms. The van der Waals surface area contributed by atoms with Gasteiger partial charge in [-0.05, 0) is 52.5 Å². The van der Waals surface area contributed by atoms with Crippen molar-refractivity contribution in [1.29, 1.82) is 0 Å². The van der Waals surface area contributed by atoms with Crippen LogP contribution in [0.1, 0.15) is 18.4 Å². The first-order valence-corrected chi connectivity index (χ1v) is 11.0. The molecule has 0 radical (unpaired) electrons. The van der Waals surface area contributed by atoms with Gasteiger partial charge in [0, 0.05) is 30.7 Å². The van der Waals surface area contributed by atoms with Gasteiger partial charge in [-0.1, -0.05) is 46.4 Å². The zero-order valence-electron chi connectivity index (χ0n) is 15.1. The molecule has 0 spiro atoms. The summed E-state index contributed by atoms with van der Waals surface area (Å²) in [6, 6.07) is 5.68. The minimum absolute atomic E-state index is 0. The molecule has 2 aromatic heterocycles. The number of aromatic nitrogens is 3. The van der Waals surface area contributed by atoms with Crippen molar-refractivity contribution >= 4 is 92.9 Å². The minimum Gasteiger partial charge on any atom is -0.341 e. The van der Waals surface area contributed by atoms with Crippen molar-refractivity contribution in [3.8, 4) is 0 Å². The fraction of sp³-hybridized carbons (Fsp3) is 0.333. The van der Waals surface area contributed by atoms with Crippen molar-refractivity contribution in [2.45, 2.75) is 25.4 Å². The van der Waals surface area contributed by atoms with Crippen molar-refractivity contribution in [2.24, 2.45) is 0 Å². The summed E-state index contributed by atoms with van der Waals surface area (Å²) in [5.41, 5.74) is 2.35. The van der Waals surface area contributed by atoms with Gasteiger partial charge in [0.1, 0.15) is 5.15 Å². The summed E-state index contributed by atoms with van der Waals surface area (Å²) in [6.45, 7) is 2.35. The Kier molecular flexibility index (Phi) is 7.87. The molecule has 156 valence electrons. The zero-order valence-corrected chi connectivity index (χ0v) is 20.7. The summed E-state index contributed by atoms with van der Waals surface area (Å²) >= 11 is 28.0. The number of halogens is 5. The molecule has 1 saturated heterocycles. The number of benzene rings is 1. The lowest BCUT2D eigenvalue weighted by atomic mass is 10.1. The van der Waals surface area contributed by atoms with Gasteiger partial charge in [0.05, 0.1) is 20.0 Å². The van der Waals surface area contributed by atoms with Crippen LogP contribution in [0.2, 0.25) is 20.2 Å². The van der Waals surface area contributed by atoms with Crippen LogP contribution in [-0.4, -0.2) is 34.1 Å². The van der Waals surface area contributed by atoms with E-state index < -0.39 is 0 Å². The molecular formula is C18H18BrCl4N5S. The standard InChI is InChI=1S/C18H16BrCl4N5.H2S/c19-12-6-14-17(26-16(12)23)27-18(25-14)28-3-1-2-11(8-28)24-7-9-4-10(20)5-13(21)15(9)22;/h4-6,11,24H,1-3,7-8H2,(H,25,26,27);1H2/t11-;/m0./s1. The zero-order chi connectivity index (χ0) is 19.8. The van der Waals surface area contributed by atoms with Gasteiger partial charge in [0.25, 0.3) is 0 Å². The molecule has 1 aliphatic rings. The van der Waals surface area contributed by atoms with E-state index in [9.17, 15) is 0 Å². The van der Waals surface area contributed by atoms with Crippen LogP contribution in [0, 0.1) is 0 Å². The molecule has 1 atom stereocenters. The lowest BCUT2D eigenvalue weighted by Crippen LogP contribution is -2.45. The number of hydrogen-bond acceptors (Lipinski definition) is 4. The molecule has 0 saturated carbocycles. The second-order valence-electron chi connectivity index (χ2n) is 6.72. The molecular weight excluding hydrogens is 540 g/mol. The first-order chi connectivity index (χ1) is 13.4. The molecule has 1 aliphatic heterocycles. The molecule has 4 rings (SSSR count). The number of anilines is 1. The van der Waals surface area contributed by atoms with Crippen molar-refractivity contribution in [3.05, 3.63) is 48.5 Å². The number of rotatable bonds is 4. The van der Waals surface area contributed by atoms with Crippen LogP contribution in [0.5, 0.6) is 0 Å². The number of aromatic amines is 1. The largest absolute Gasteiger partial charge is 0.341 e. The van der Waals surface area contributed by atoms with E-state index in [1.165, 1.54) is 0 Å². The first kappa shape index (κ1) is 23.3. The van der Waals surface area contributed by atoms with Gasteiger partial charge in [-0.3, -0.25) is 0 Å². The van der Waals surface area contributed by atoms with Gasteiger partial charge in [-0.2, -0.15) is 18.5 Å². The van der Waals surface area contributed by atoms with Crippen molar-refractivity contribution in [3.63, 3.8) is 0 Å². The molecule has 0 unspecified atom stereocenters. The molecule has 1 aromatic carbocycles. The second-order valence-corrected chi connectivity index (χ2v) is 9.15. The predicted molar refractivity (Wildman–Crippen MR) is 131 cm³/mol. The van der Waals surface area contributed by atoms with Crippen LogP contribution in [-0.2, 0) is 6.54 Å². The highest BCUT2D eigenvalue weighted by atomic mass is 79.9. The summed E-state index contributed by atoms with van der Waals surface area (Å²) in [6.07, 6.45) is 2.12. The summed E-state index contributed by atoms with van der Waals surface area (Å²) in [5.74, 6) is 0.798. The maximum Gasteiger partial charge on any atom is 0.205 e. The molecule has 5 nitrogen and oxygen atoms in total. The van der Waals surface area contributed by atoms with E-state index in [1.807, 2.05) is 12.1 Å². The maximum atomic E-state index is 6.30. The number of pyridine rings is 1. The van der Waals surface area contributed by atoms with Crippen molar-refractivity contribution in [2.75, 3.05) is 18.0 Å². The quantitative estimate of drug-likeness (QED) is 0.296. The van der Waals surface area contributed by atoms with E-state index in [4.69, 9.17) is 46.4 Å².